The van der Waals surface area contributed by atoms with Crippen molar-refractivity contribution in [1.29, 1.82) is 0 Å². The highest BCUT2D eigenvalue weighted by atomic mass is 16.3. The normalized spacial score (nSPS) is 13.3. The lowest BCUT2D eigenvalue weighted by molar-refractivity contribution is 0.476. The molecule has 1 unspecified atom stereocenters. The van der Waals surface area contributed by atoms with Crippen LogP contribution in [0.3, 0.4) is 0 Å². The van der Waals surface area contributed by atoms with Crippen molar-refractivity contribution in [1.82, 2.24) is 4.57 Å². The van der Waals surface area contributed by atoms with Gasteiger partial charge in [0.25, 0.3) is 0 Å². The van der Waals surface area contributed by atoms with Crippen LogP contribution in [-0.4, -0.2) is 15.7 Å². The minimum Gasteiger partial charge on any atom is -0.508 e. The zero-order valence-corrected chi connectivity index (χ0v) is 9.07. The molecule has 2 rings (SSSR count). The zero-order chi connectivity index (χ0) is 11.0. The third-order valence-corrected chi connectivity index (χ3v) is 2.66. The fourth-order valence-electron chi connectivity index (χ4n) is 1.90. The van der Waals surface area contributed by atoms with Gasteiger partial charge in [0.1, 0.15) is 5.75 Å². The van der Waals surface area contributed by atoms with E-state index >= 15 is 0 Å². The second kappa shape index (κ2) is 3.59. The molecule has 1 atom stereocenters. The molecule has 1 aromatic carbocycles. The lowest BCUT2D eigenvalue weighted by atomic mass is 10.2. The van der Waals surface area contributed by atoms with Gasteiger partial charge in [-0.25, -0.2) is 0 Å². The van der Waals surface area contributed by atoms with Gasteiger partial charge in [0.2, 0.25) is 0 Å². The topological polar surface area (TPSA) is 51.2 Å². The lowest BCUT2D eigenvalue weighted by Crippen LogP contribution is -2.19. The summed E-state index contributed by atoms with van der Waals surface area (Å²) in [5.41, 5.74) is 8.03. The fraction of sp³-hybridized carbons (Fsp3) is 0.333. The van der Waals surface area contributed by atoms with Crippen molar-refractivity contribution in [2.24, 2.45) is 12.8 Å². The molecular formula is C12H16N2O. The number of nitrogens with two attached hydrogens (primary N) is 1. The molecule has 0 spiro atoms. The van der Waals surface area contributed by atoms with Gasteiger partial charge in [-0.2, -0.15) is 0 Å². The average molecular weight is 204 g/mol. The van der Waals surface area contributed by atoms with E-state index < -0.39 is 0 Å². The first-order valence-electron chi connectivity index (χ1n) is 5.11. The number of phenols is 1. The van der Waals surface area contributed by atoms with Gasteiger partial charge in [-0.1, -0.05) is 0 Å². The molecule has 0 aliphatic heterocycles. The summed E-state index contributed by atoms with van der Waals surface area (Å²) in [6.07, 6.45) is 0.853. The van der Waals surface area contributed by atoms with E-state index in [-0.39, 0.29) is 6.04 Å². The summed E-state index contributed by atoms with van der Waals surface area (Å²) < 4.78 is 2.08. The van der Waals surface area contributed by atoms with Crippen molar-refractivity contribution in [3.63, 3.8) is 0 Å². The van der Waals surface area contributed by atoms with Crippen molar-refractivity contribution < 1.29 is 5.11 Å². The van der Waals surface area contributed by atoms with Gasteiger partial charge in [0.15, 0.2) is 0 Å². The molecule has 3 nitrogen and oxygen atoms in total. The van der Waals surface area contributed by atoms with Gasteiger partial charge < -0.3 is 15.4 Å². The number of aryl methyl sites for hydroxylation is 1. The predicted molar refractivity (Wildman–Crippen MR) is 61.9 cm³/mol. The Hall–Kier alpha value is -1.48. The Morgan fingerprint density at radius 3 is 2.80 bits per heavy atom. The number of aromatic hydroxyl groups is 1. The third-order valence-electron chi connectivity index (χ3n) is 2.66. The molecule has 3 N–H and O–H groups in total. The molecule has 0 bridgehead atoms. The minimum atomic E-state index is 0.154. The Morgan fingerprint density at radius 1 is 1.40 bits per heavy atom. The molecule has 0 saturated carbocycles. The molecule has 0 radical (unpaired) electrons. The van der Waals surface area contributed by atoms with E-state index in [9.17, 15) is 5.11 Å². The van der Waals surface area contributed by atoms with Gasteiger partial charge in [0, 0.05) is 36.7 Å². The Balaban J connectivity index is 2.54. The van der Waals surface area contributed by atoms with Crippen LogP contribution >= 0.6 is 0 Å². The summed E-state index contributed by atoms with van der Waals surface area (Å²) in [5.74, 6) is 0.302. The first kappa shape index (κ1) is 10.1. The van der Waals surface area contributed by atoms with Gasteiger partial charge in [0.05, 0.1) is 5.52 Å². The van der Waals surface area contributed by atoms with E-state index in [1.807, 2.05) is 20.0 Å². The van der Waals surface area contributed by atoms with Gasteiger partial charge >= 0.3 is 0 Å². The van der Waals surface area contributed by atoms with E-state index in [2.05, 4.69) is 10.6 Å². The van der Waals surface area contributed by atoms with Gasteiger partial charge in [-0.05, 0) is 25.1 Å². The maximum Gasteiger partial charge on any atom is 0.117 e. The van der Waals surface area contributed by atoms with E-state index in [0.717, 1.165) is 17.3 Å². The Kier molecular flexibility index (Phi) is 2.40. The predicted octanol–water partition coefficient (Wildman–Crippen LogP) is 1.77. The highest BCUT2D eigenvalue weighted by molar-refractivity contribution is 5.82. The van der Waals surface area contributed by atoms with E-state index in [4.69, 9.17) is 5.73 Å². The average Bonchev–Trinajstić information content (AvgIpc) is 2.44. The maximum absolute atomic E-state index is 9.41. The molecule has 80 valence electrons. The Morgan fingerprint density at radius 2 is 2.13 bits per heavy atom. The van der Waals surface area contributed by atoms with Crippen LogP contribution in [0.4, 0.5) is 0 Å². The van der Waals surface area contributed by atoms with Crippen LogP contribution in [0.2, 0.25) is 0 Å². The summed E-state index contributed by atoms with van der Waals surface area (Å²) in [6.45, 7) is 2.00. The molecule has 2 aromatic rings. The van der Waals surface area contributed by atoms with Crippen molar-refractivity contribution >= 4 is 10.9 Å². The number of hydrogen-bond donors (Lipinski definition) is 2. The Labute approximate surface area is 89.1 Å². The van der Waals surface area contributed by atoms with E-state index in [1.165, 1.54) is 5.69 Å². The van der Waals surface area contributed by atoms with Crippen LogP contribution in [0.5, 0.6) is 5.75 Å². The smallest absolute Gasteiger partial charge is 0.117 e. The second-order valence-corrected chi connectivity index (χ2v) is 4.12. The molecule has 0 saturated heterocycles. The lowest BCUT2D eigenvalue weighted by Gasteiger charge is -2.06. The molecule has 3 heteroatoms. The molecule has 0 fully saturated rings. The van der Waals surface area contributed by atoms with Crippen LogP contribution < -0.4 is 5.73 Å². The monoisotopic (exact) mass is 204 g/mol. The standard InChI is InChI=1S/C12H16N2O/c1-8(13)5-10-6-9-3-4-11(15)7-12(9)14(10)2/h3-4,6-8,15H,5,13H2,1-2H3. The van der Waals surface area contributed by atoms with E-state index in [0.29, 0.717) is 5.75 Å². The van der Waals surface area contributed by atoms with Crippen LogP contribution in [0, 0.1) is 0 Å². The molecule has 0 aliphatic carbocycles. The summed E-state index contributed by atoms with van der Waals surface area (Å²) in [6, 6.07) is 7.69. The quantitative estimate of drug-likeness (QED) is 0.783. The molecule has 15 heavy (non-hydrogen) atoms. The third kappa shape index (κ3) is 1.83. The Bertz CT molecular complexity index is 486. The number of fused-ring (bicyclic) bond motifs is 1. The first-order valence-corrected chi connectivity index (χ1v) is 5.11. The highest BCUT2D eigenvalue weighted by Gasteiger charge is 2.07. The van der Waals surface area contributed by atoms with Crippen molar-refractivity contribution in [2.75, 3.05) is 0 Å². The first-order chi connectivity index (χ1) is 7.08. The molecule has 0 aliphatic rings. The molecule has 1 heterocycles. The highest BCUT2D eigenvalue weighted by Crippen LogP contribution is 2.23. The fourth-order valence-corrected chi connectivity index (χ4v) is 1.90. The number of phenolic OH excluding ortho intramolecular Hbond substituents is 1. The summed E-state index contributed by atoms with van der Waals surface area (Å²) >= 11 is 0. The van der Waals surface area contributed by atoms with Gasteiger partial charge in [-0.15, -0.1) is 0 Å². The summed E-state index contributed by atoms with van der Waals surface area (Å²) in [7, 11) is 2.00. The van der Waals surface area contributed by atoms with Crippen LogP contribution in [0.1, 0.15) is 12.6 Å². The van der Waals surface area contributed by atoms with Crippen molar-refractivity contribution in [3.05, 3.63) is 30.0 Å². The van der Waals surface area contributed by atoms with Crippen LogP contribution in [0.25, 0.3) is 10.9 Å². The number of nitrogens with zero attached hydrogens (tertiary/aromatic N) is 1. The minimum absolute atomic E-state index is 0.154. The molecule has 0 amide bonds. The number of aromatic nitrogens is 1. The van der Waals surface area contributed by atoms with Crippen molar-refractivity contribution in [3.8, 4) is 5.75 Å². The molecular weight excluding hydrogens is 188 g/mol. The van der Waals surface area contributed by atoms with Crippen molar-refractivity contribution in [2.45, 2.75) is 19.4 Å². The number of benzene rings is 1. The number of hydrogen-bond acceptors (Lipinski definition) is 2. The largest absolute Gasteiger partial charge is 0.508 e. The maximum atomic E-state index is 9.41. The molecule has 1 aromatic heterocycles. The zero-order valence-electron chi connectivity index (χ0n) is 9.07. The summed E-state index contributed by atoms with van der Waals surface area (Å²) in [4.78, 5) is 0. The van der Waals surface area contributed by atoms with Gasteiger partial charge in [-0.3, -0.25) is 0 Å². The van der Waals surface area contributed by atoms with E-state index in [1.54, 1.807) is 12.1 Å². The SMILES string of the molecule is CC(N)Cc1cc2ccc(O)cc2n1C. The number of rotatable bonds is 2. The van der Waals surface area contributed by atoms with Crippen LogP contribution in [0.15, 0.2) is 24.3 Å². The summed E-state index contributed by atoms with van der Waals surface area (Å²) in [5, 5.41) is 10.6. The van der Waals surface area contributed by atoms with Crippen LogP contribution in [-0.2, 0) is 13.5 Å². The second-order valence-electron chi connectivity index (χ2n) is 4.12.